The molecular formula is C69H90N12O25. The van der Waals surface area contributed by atoms with Crippen molar-refractivity contribution in [3.8, 4) is 5.75 Å². The maximum absolute atomic E-state index is 15.2. The summed E-state index contributed by atoms with van der Waals surface area (Å²) in [6.45, 7) is -3.94. The molecule has 6 heterocycles. The summed E-state index contributed by atoms with van der Waals surface area (Å²) in [5, 5.41) is 162. The minimum atomic E-state index is -2.36. The van der Waals surface area contributed by atoms with Crippen LogP contribution in [-0.4, -0.2) is 318 Å². The molecule has 0 radical (unpaired) electrons. The highest BCUT2D eigenvalue weighted by Crippen LogP contribution is 2.34. The average Bonchev–Trinajstić information content (AvgIpc) is 1.41. The summed E-state index contributed by atoms with van der Waals surface area (Å²) in [5.41, 5.74) is 15.4. The van der Waals surface area contributed by atoms with E-state index in [2.05, 4.69) is 47.2 Å². The number of aliphatic hydroxyl groups is 13. The molecule has 4 saturated heterocycles. The van der Waals surface area contributed by atoms with Gasteiger partial charge in [0.1, 0.15) is 121 Å². The van der Waals surface area contributed by atoms with Crippen molar-refractivity contribution in [1.29, 1.82) is 0 Å². The Balaban J connectivity index is 0.891. The Labute approximate surface area is 605 Å². The molecule has 0 aromatic heterocycles. The number of ether oxygens (including phenoxy) is 6. The van der Waals surface area contributed by atoms with E-state index in [1.165, 1.54) is 24.3 Å². The highest BCUT2D eigenvalue weighted by molar-refractivity contribution is 5.98. The number of nitrogens with two attached hydrogens (primary N) is 2. The first-order chi connectivity index (χ1) is 50.8. The van der Waals surface area contributed by atoms with Crippen molar-refractivity contribution in [3.05, 3.63) is 144 Å². The smallest absolute Gasteiger partial charge is 0.246 e. The van der Waals surface area contributed by atoms with Crippen molar-refractivity contribution in [2.24, 2.45) is 21.5 Å². The quantitative estimate of drug-likeness (QED) is 0.0347. The van der Waals surface area contributed by atoms with E-state index in [-0.39, 0.29) is 30.4 Å². The Morgan fingerprint density at radius 1 is 0.575 bits per heavy atom. The first-order valence-corrected chi connectivity index (χ1v) is 34.2. The molecule has 4 aromatic carbocycles. The number of rotatable bonds is 22. The molecule has 0 bridgehead atoms. The van der Waals surface area contributed by atoms with Gasteiger partial charge in [0.05, 0.1) is 58.2 Å². The summed E-state index contributed by atoms with van der Waals surface area (Å²) in [5.74, 6) is -9.01. The van der Waals surface area contributed by atoms with E-state index in [1.807, 2.05) is 60.7 Å². The fourth-order valence-electron chi connectivity index (χ4n) is 13.3. The lowest BCUT2D eigenvalue weighted by molar-refractivity contribution is -0.354. The molecule has 37 nitrogen and oxygen atoms in total. The van der Waals surface area contributed by atoms with Crippen LogP contribution in [0, 0.1) is 0 Å². The van der Waals surface area contributed by atoms with Gasteiger partial charge in [0, 0.05) is 18.9 Å². The van der Waals surface area contributed by atoms with Crippen molar-refractivity contribution in [1.82, 2.24) is 42.1 Å². The molecule has 10 rings (SSSR count). The summed E-state index contributed by atoms with van der Waals surface area (Å²) in [7, 11) is 0. The Hall–Kier alpha value is -8.94. The van der Waals surface area contributed by atoms with Gasteiger partial charge in [-0.15, -0.1) is 0 Å². The third-order valence-corrected chi connectivity index (χ3v) is 19.2. The highest BCUT2D eigenvalue weighted by atomic mass is 16.7. The van der Waals surface area contributed by atoms with Gasteiger partial charge in [0.25, 0.3) is 0 Å². The van der Waals surface area contributed by atoms with Crippen molar-refractivity contribution in [3.63, 3.8) is 0 Å². The number of amides is 6. The second kappa shape index (κ2) is 36.1. The fourth-order valence-corrected chi connectivity index (χ4v) is 13.3. The number of hydrogen-bond donors (Lipinski definition) is 22. The lowest BCUT2D eigenvalue weighted by Crippen LogP contribution is -2.70. The molecule has 0 spiro atoms. The van der Waals surface area contributed by atoms with Crippen LogP contribution in [0.2, 0.25) is 0 Å². The first kappa shape index (κ1) is 79.6. The van der Waals surface area contributed by atoms with Crippen LogP contribution < -0.4 is 53.4 Å². The zero-order valence-corrected chi connectivity index (χ0v) is 57.1. The van der Waals surface area contributed by atoms with Crippen LogP contribution in [0.4, 0.5) is 0 Å². The van der Waals surface area contributed by atoms with Gasteiger partial charge in [-0.2, -0.15) is 0 Å². The summed E-state index contributed by atoms with van der Waals surface area (Å²) >= 11 is 0. The maximum Gasteiger partial charge on any atom is 0.246 e. The molecule has 0 aliphatic carbocycles. The number of hydrogen-bond acceptors (Lipinski definition) is 31. The van der Waals surface area contributed by atoms with Crippen molar-refractivity contribution >= 4 is 52.9 Å². The van der Waals surface area contributed by atoms with Gasteiger partial charge in [0.15, 0.2) is 24.4 Å². The molecule has 576 valence electrons. The van der Waals surface area contributed by atoms with Crippen LogP contribution in [0.25, 0.3) is 5.57 Å². The first-order valence-electron chi connectivity index (χ1n) is 34.2. The lowest BCUT2D eigenvalue weighted by Gasteiger charge is -2.46. The summed E-state index contributed by atoms with van der Waals surface area (Å²) in [4.78, 5) is 96.8. The number of benzene rings is 4. The predicted octanol–water partition coefficient (Wildman–Crippen LogP) is -9.45. The molecular weight excluding hydrogens is 1400 g/mol. The van der Waals surface area contributed by atoms with Crippen LogP contribution >= 0.6 is 0 Å². The normalized spacial score (nSPS) is 33.8. The van der Waals surface area contributed by atoms with E-state index in [1.54, 1.807) is 43.3 Å². The topological polar surface area (TPSA) is 585 Å². The maximum atomic E-state index is 15.2. The molecule has 4 fully saturated rings. The molecule has 25 atom stereocenters. The fraction of sp³-hybridized carbons (Fsp3) is 0.507. The van der Waals surface area contributed by atoms with Crippen LogP contribution in [0.3, 0.4) is 0 Å². The number of nitrogens with zero attached hydrogens (tertiary/aromatic N) is 3. The van der Waals surface area contributed by atoms with Crippen molar-refractivity contribution < 1.29 is 124 Å². The third-order valence-electron chi connectivity index (χ3n) is 19.2. The minimum absolute atomic E-state index is 0.0691. The molecule has 106 heavy (non-hydrogen) atoms. The monoisotopic (exact) mass is 1490 g/mol. The predicted molar refractivity (Wildman–Crippen MR) is 367 cm³/mol. The lowest BCUT2D eigenvalue weighted by atomic mass is 9.92. The van der Waals surface area contributed by atoms with Crippen molar-refractivity contribution in [2.45, 2.75) is 166 Å². The molecule has 24 N–H and O–H groups in total. The Bertz CT molecular complexity index is 3680. The van der Waals surface area contributed by atoms with Gasteiger partial charge >= 0.3 is 0 Å². The zero-order valence-electron chi connectivity index (χ0n) is 57.1. The summed E-state index contributed by atoms with van der Waals surface area (Å²) < 4.78 is 35.4. The van der Waals surface area contributed by atoms with Gasteiger partial charge in [-0.3, -0.25) is 33.8 Å². The second-order valence-electron chi connectivity index (χ2n) is 26.2. The van der Waals surface area contributed by atoms with Crippen LogP contribution in [0.5, 0.6) is 5.75 Å². The third kappa shape index (κ3) is 18.4. The molecule has 6 amide bonds. The Morgan fingerprint density at radius 3 is 1.75 bits per heavy atom. The SMILES string of the molecule is C[C@@H](c1ccccc1)[C@@H]1NC(=O)CNC(=O)[C@H](CO)NC(=O)[C@@H]([C@@H](O)[C@@H]2CN=C(N)N2[C@H]2O[C@H](CO)[C@@H](O)[C@H](O)[C@@H]2O)NC(=O)[C@H]([C@@H](O)[C@@H]2CNC(N)=N2)NC(=O)[C@@H](Cc2ccc(O[C@H]3O[C@H](CO)[C@@H](O[C@H]4O[C@H](CO)[C@@H](OCC=C(c5ccccc5)c5ccccc5)[C@H](O)[C@@H]4O)[C@H](O)[C@@H]3O)cc2)NC1=O. The van der Waals surface area contributed by atoms with Crippen LogP contribution in [-0.2, 0) is 58.9 Å². The summed E-state index contributed by atoms with van der Waals surface area (Å²) in [6.07, 6.45) is -29.3. The van der Waals surface area contributed by atoms with E-state index in [0.717, 1.165) is 21.6 Å². The molecule has 6 aliphatic rings. The van der Waals surface area contributed by atoms with E-state index in [4.69, 9.17) is 39.9 Å². The summed E-state index contributed by atoms with van der Waals surface area (Å²) in [6, 6.07) is 19.6. The average molecular weight is 1490 g/mol. The molecule has 0 unspecified atom stereocenters. The Kier molecular flexibility index (Phi) is 27.1. The standard InChI is InChI=1S/C69H90N12O25/c1-31(33-11-5-2-6-12-33)46-62(98)75-38(23-32-17-19-36(20-18-32)102-66-57(95)54(92)59(44(30-85)105-66)106-67-56(94)53(91)58(43(29-84)104-67)101-22-21-37(34-13-7-3-8-14-34)35-15-9-4-10-16-35)61(97)79-47(49(87)39-24-73-68(70)77-39)64(100)80-48(63(99)76-40(27-82)60(96)72-26-45(86)78-46)50(88)41-25-74-69(71)81(41)65-55(93)52(90)51(89)42(28-83)103-65/h2-21,31,38-44,46-59,65-67,82-85,87-95H,22-30H2,1H3,(H2,71,74)(H,72,96)(H,75,98)(H,76,99)(H,78,86)(H,79,97)(H,80,100)(H3,70,73,77)/t31-,38+,39-,40-,41-,42+,43+,44+,46-,47-,48+,49-,50-,51+,52-,53+,54+,55-,56-,57-,58+,59+,65-,66-,67+/m0/s1. The van der Waals surface area contributed by atoms with Gasteiger partial charge in [0.2, 0.25) is 41.7 Å². The number of nitrogens with one attached hydrogen (secondary N) is 7. The number of aliphatic hydroxyl groups excluding tert-OH is 13. The minimum Gasteiger partial charge on any atom is -0.462 e. The molecule has 0 saturated carbocycles. The largest absolute Gasteiger partial charge is 0.462 e. The van der Waals surface area contributed by atoms with E-state index >= 15 is 9.59 Å². The van der Waals surface area contributed by atoms with Gasteiger partial charge in [-0.1, -0.05) is 116 Å². The molecule has 4 aromatic rings. The molecule has 37 heteroatoms. The number of carbonyl (C=O) groups is 6. The molecule has 6 aliphatic heterocycles. The Morgan fingerprint density at radius 2 is 1.13 bits per heavy atom. The van der Waals surface area contributed by atoms with Gasteiger partial charge < -0.3 is 148 Å². The highest BCUT2D eigenvalue weighted by Gasteiger charge is 2.54. The van der Waals surface area contributed by atoms with Crippen molar-refractivity contribution in [2.75, 3.05) is 52.7 Å². The second-order valence-corrected chi connectivity index (χ2v) is 26.2. The number of guanidine groups is 2. The number of carbonyl (C=O) groups excluding carboxylic acids is 6. The number of aliphatic imine (C=N–C) groups is 2. The van der Waals surface area contributed by atoms with Crippen LogP contribution in [0.15, 0.2) is 131 Å². The van der Waals surface area contributed by atoms with E-state index in [0.29, 0.717) is 5.56 Å². The van der Waals surface area contributed by atoms with E-state index in [9.17, 15) is 85.6 Å². The van der Waals surface area contributed by atoms with Gasteiger partial charge in [-0.05, 0) is 40.0 Å². The van der Waals surface area contributed by atoms with Gasteiger partial charge in [-0.25, -0.2) is 4.99 Å². The van der Waals surface area contributed by atoms with Crippen LogP contribution in [0.1, 0.15) is 35.1 Å². The van der Waals surface area contributed by atoms with E-state index < -0.39 is 240 Å². The zero-order chi connectivity index (χ0) is 76.2.